The van der Waals surface area contributed by atoms with Gasteiger partial charge in [0.1, 0.15) is 12.4 Å². The van der Waals surface area contributed by atoms with Crippen LogP contribution < -0.4 is 10.1 Å². The molecular formula is C28H21N3O4S. The predicted molar refractivity (Wildman–Crippen MR) is 143 cm³/mol. The summed E-state index contributed by atoms with van der Waals surface area (Å²) in [5, 5.41) is 16.5. The Balaban J connectivity index is 1.31. The molecule has 4 aromatic rings. The van der Waals surface area contributed by atoms with Crippen molar-refractivity contribution in [2.24, 2.45) is 4.99 Å². The number of nitrogens with one attached hydrogen (secondary N) is 1. The minimum Gasteiger partial charge on any atom is -0.489 e. The van der Waals surface area contributed by atoms with Crippen molar-refractivity contribution in [3.8, 4) is 5.75 Å². The Hall–Kier alpha value is -4.43. The van der Waals surface area contributed by atoms with Crippen molar-refractivity contribution in [2.45, 2.75) is 13.5 Å². The number of carbonyl (C=O) groups excluding carboxylic acids is 1. The van der Waals surface area contributed by atoms with Gasteiger partial charge in [-0.25, -0.2) is 4.99 Å². The highest BCUT2D eigenvalue weighted by Gasteiger charge is 2.24. The van der Waals surface area contributed by atoms with E-state index in [9.17, 15) is 14.9 Å². The second-order valence-electron chi connectivity index (χ2n) is 8.21. The molecule has 1 saturated heterocycles. The molecule has 0 aromatic heterocycles. The van der Waals surface area contributed by atoms with Crippen molar-refractivity contribution >= 4 is 51.1 Å². The van der Waals surface area contributed by atoms with Crippen molar-refractivity contribution in [3.63, 3.8) is 0 Å². The van der Waals surface area contributed by atoms with Gasteiger partial charge in [-0.15, -0.1) is 0 Å². The number of hydrogen-bond acceptors (Lipinski definition) is 6. The second-order valence-corrected chi connectivity index (χ2v) is 9.24. The molecule has 0 unspecified atom stereocenters. The highest BCUT2D eigenvalue weighted by molar-refractivity contribution is 8.18. The van der Waals surface area contributed by atoms with Crippen molar-refractivity contribution < 1.29 is 14.5 Å². The maximum absolute atomic E-state index is 12.5. The lowest BCUT2D eigenvalue weighted by atomic mass is 10.1. The van der Waals surface area contributed by atoms with Gasteiger partial charge in [0.15, 0.2) is 5.17 Å². The van der Waals surface area contributed by atoms with E-state index in [1.807, 2.05) is 42.5 Å². The summed E-state index contributed by atoms with van der Waals surface area (Å²) in [6.07, 6.45) is 1.79. The maximum Gasteiger partial charge on any atom is 0.269 e. The van der Waals surface area contributed by atoms with Crippen molar-refractivity contribution in [3.05, 3.63) is 117 Å². The van der Waals surface area contributed by atoms with Crippen LogP contribution in [0.3, 0.4) is 0 Å². The molecule has 1 amide bonds. The van der Waals surface area contributed by atoms with Crippen LogP contribution in [0.15, 0.2) is 94.8 Å². The summed E-state index contributed by atoms with van der Waals surface area (Å²) < 4.78 is 6.06. The highest BCUT2D eigenvalue weighted by Crippen LogP contribution is 2.31. The van der Waals surface area contributed by atoms with Crippen LogP contribution in [-0.4, -0.2) is 16.0 Å². The number of aliphatic imine (C=N–C) groups is 1. The summed E-state index contributed by atoms with van der Waals surface area (Å²) in [5.41, 5.74) is 3.15. The molecule has 0 radical (unpaired) electrons. The molecule has 0 bridgehead atoms. The van der Waals surface area contributed by atoms with E-state index in [2.05, 4.69) is 34.6 Å². The molecule has 1 aliphatic rings. The summed E-state index contributed by atoms with van der Waals surface area (Å²) in [6.45, 7) is 2.18. The van der Waals surface area contributed by atoms with E-state index in [4.69, 9.17) is 4.74 Å². The number of amides is 1. The molecule has 1 heterocycles. The topological polar surface area (TPSA) is 93.8 Å². The van der Waals surface area contributed by atoms with Crippen LogP contribution in [0.4, 0.5) is 11.4 Å². The Labute approximate surface area is 211 Å². The number of aryl methyl sites for hydroxylation is 1. The van der Waals surface area contributed by atoms with Crippen molar-refractivity contribution in [2.75, 3.05) is 0 Å². The number of nitrogens with zero attached hydrogens (tertiary/aromatic N) is 2. The standard InChI is InChI=1S/C28H21N3O4S/c1-18-14-22(31(33)34)12-13-25(18)29-28-30-27(32)26(36-28)16-19-6-4-10-23(15-19)35-17-21-9-5-8-20-7-2-3-11-24(20)21/h2-16H,17H2,1H3,(H,29,30,32)/b26-16+. The first-order chi connectivity index (χ1) is 17.5. The lowest BCUT2D eigenvalue weighted by Crippen LogP contribution is -2.19. The van der Waals surface area contributed by atoms with Crippen LogP contribution in [-0.2, 0) is 11.4 Å². The molecule has 1 aliphatic heterocycles. The van der Waals surface area contributed by atoms with E-state index in [1.165, 1.54) is 29.3 Å². The maximum atomic E-state index is 12.5. The first-order valence-corrected chi connectivity index (χ1v) is 12.0. The Bertz CT molecular complexity index is 1560. The lowest BCUT2D eigenvalue weighted by molar-refractivity contribution is -0.384. The average molecular weight is 496 g/mol. The van der Waals surface area contributed by atoms with Gasteiger partial charge in [0.25, 0.3) is 11.6 Å². The summed E-state index contributed by atoms with van der Waals surface area (Å²) in [5.74, 6) is 0.455. The largest absolute Gasteiger partial charge is 0.489 e. The van der Waals surface area contributed by atoms with Crippen LogP contribution in [0.2, 0.25) is 0 Å². The van der Waals surface area contributed by atoms with E-state index in [0.29, 0.717) is 33.7 Å². The molecule has 7 nitrogen and oxygen atoms in total. The number of carbonyl (C=O) groups is 1. The number of nitro benzene ring substituents is 1. The van der Waals surface area contributed by atoms with Gasteiger partial charge >= 0.3 is 0 Å². The number of hydrogen-bond donors (Lipinski definition) is 1. The molecule has 0 spiro atoms. The Morgan fingerprint density at radius 2 is 1.83 bits per heavy atom. The SMILES string of the molecule is Cc1cc([N+](=O)[O-])ccc1N=C1NC(=O)/C(=C\c2cccc(OCc3cccc4ccccc34)c2)S1. The van der Waals surface area contributed by atoms with Crippen LogP contribution in [0.25, 0.3) is 16.8 Å². The van der Waals surface area contributed by atoms with Crippen molar-refractivity contribution in [1.82, 2.24) is 5.32 Å². The molecular weight excluding hydrogens is 474 g/mol. The van der Waals surface area contributed by atoms with Crippen molar-refractivity contribution in [1.29, 1.82) is 0 Å². The summed E-state index contributed by atoms with van der Waals surface area (Å²) in [6, 6.07) is 26.4. The molecule has 0 aliphatic carbocycles. The van der Waals surface area contributed by atoms with Gasteiger partial charge in [-0.1, -0.05) is 54.6 Å². The third-order valence-corrected chi connectivity index (χ3v) is 6.60. The molecule has 0 atom stereocenters. The summed E-state index contributed by atoms with van der Waals surface area (Å²) in [7, 11) is 0. The molecule has 178 valence electrons. The number of benzene rings is 4. The number of ether oxygens (including phenoxy) is 1. The van der Waals surface area contributed by atoms with Crippen LogP contribution in [0.5, 0.6) is 5.75 Å². The number of thioether (sulfide) groups is 1. The number of non-ortho nitro benzene ring substituents is 1. The Morgan fingerprint density at radius 1 is 1.03 bits per heavy atom. The van der Waals surface area contributed by atoms with Crippen LogP contribution in [0.1, 0.15) is 16.7 Å². The Kier molecular flexibility index (Phi) is 6.51. The van der Waals surface area contributed by atoms with E-state index < -0.39 is 4.92 Å². The molecule has 1 fully saturated rings. The molecule has 0 saturated carbocycles. The van der Waals surface area contributed by atoms with E-state index >= 15 is 0 Å². The van der Waals surface area contributed by atoms with E-state index in [-0.39, 0.29) is 11.6 Å². The Morgan fingerprint density at radius 3 is 2.67 bits per heavy atom. The average Bonchev–Trinajstić information content (AvgIpc) is 3.22. The van der Waals surface area contributed by atoms with Crippen LogP contribution in [0, 0.1) is 17.0 Å². The summed E-state index contributed by atoms with van der Waals surface area (Å²) in [4.78, 5) is 28.0. The monoisotopic (exact) mass is 495 g/mol. The molecule has 8 heteroatoms. The fraction of sp³-hybridized carbons (Fsp3) is 0.0714. The third kappa shape index (κ3) is 5.13. The lowest BCUT2D eigenvalue weighted by Gasteiger charge is -2.09. The number of nitro groups is 1. The molecule has 1 N–H and O–H groups in total. The fourth-order valence-corrected chi connectivity index (χ4v) is 4.73. The third-order valence-electron chi connectivity index (χ3n) is 5.69. The van der Waals surface area contributed by atoms with Gasteiger partial charge < -0.3 is 10.1 Å². The fourth-order valence-electron chi connectivity index (χ4n) is 3.89. The zero-order valence-electron chi connectivity index (χ0n) is 19.3. The molecule has 4 aromatic carbocycles. The zero-order chi connectivity index (χ0) is 25.1. The van der Waals surface area contributed by atoms with Gasteiger partial charge in [-0.2, -0.15) is 0 Å². The predicted octanol–water partition coefficient (Wildman–Crippen LogP) is 6.53. The van der Waals surface area contributed by atoms with E-state index in [0.717, 1.165) is 16.5 Å². The van der Waals surface area contributed by atoms with Gasteiger partial charge in [0.05, 0.1) is 15.5 Å². The van der Waals surface area contributed by atoms with Gasteiger partial charge in [-0.05, 0) is 70.4 Å². The minimum atomic E-state index is -0.448. The minimum absolute atomic E-state index is 0.00250. The zero-order valence-corrected chi connectivity index (χ0v) is 20.1. The number of amidine groups is 1. The number of rotatable bonds is 6. The molecule has 5 rings (SSSR count). The first-order valence-electron chi connectivity index (χ1n) is 11.2. The second kappa shape index (κ2) is 10.1. The van der Waals surface area contributed by atoms with Gasteiger partial charge in [0.2, 0.25) is 0 Å². The summed E-state index contributed by atoms with van der Waals surface area (Å²) >= 11 is 1.22. The van der Waals surface area contributed by atoms with Gasteiger partial charge in [0, 0.05) is 12.1 Å². The smallest absolute Gasteiger partial charge is 0.269 e. The molecule has 36 heavy (non-hydrogen) atoms. The van der Waals surface area contributed by atoms with Gasteiger partial charge in [-0.3, -0.25) is 14.9 Å². The highest BCUT2D eigenvalue weighted by atomic mass is 32.2. The van der Waals surface area contributed by atoms with E-state index in [1.54, 1.807) is 19.1 Å². The van der Waals surface area contributed by atoms with Crippen LogP contribution >= 0.6 is 11.8 Å². The number of fused-ring (bicyclic) bond motifs is 1. The quantitative estimate of drug-likeness (QED) is 0.187. The first kappa shape index (κ1) is 23.3. The normalized spacial score (nSPS) is 15.4.